The summed E-state index contributed by atoms with van der Waals surface area (Å²) in [5, 5.41) is 8.61. The molecular weight excluding hydrogens is 304 g/mol. The second-order valence-corrected chi connectivity index (χ2v) is 8.20. The zero-order chi connectivity index (χ0) is 16.4. The van der Waals surface area contributed by atoms with Crippen LogP contribution in [0.5, 0.6) is 0 Å². The fraction of sp³-hybridized carbons (Fsp3) is 0.421. The van der Waals surface area contributed by atoms with Crippen molar-refractivity contribution in [2.75, 3.05) is 6.54 Å². The fourth-order valence-corrected chi connectivity index (χ4v) is 3.68. The van der Waals surface area contributed by atoms with Crippen molar-refractivity contribution < 1.29 is 4.79 Å². The van der Waals surface area contributed by atoms with E-state index in [1.54, 1.807) is 11.3 Å². The summed E-state index contributed by atoms with van der Waals surface area (Å²) in [5.41, 5.74) is 4.02. The SMILES string of the molecule is CC(C)(C)c1ccc2c(c1)CNCC2NC(=O)Cc1cccs1. The van der Waals surface area contributed by atoms with Crippen LogP contribution in [0.2, 0.25) is 0 Å². The second kappa shape index (κ2) is 6.46. The standard InChI is InChI=1S/C19H24N2OS/c1-19(2,3)14-6-7-16-13(9-14)11-20-12-17(16)21-18(22)10-15-5-4-8-23-15/h4-9,17,20H,10-12H2,1-3H3,(H,21,22). The number of amides is 1. The lowest BCUT2D eigenvalue weighted by Crippen LogP contribution is -2.40. The van der Waals surface area contributed by atoms with Crippen molar-refractivity contribution in [3.8, 4) is 0 Å². The molecule has 0 bridgehead atoms. The minimum absolute atomic E-state index is 0.0558. The maximum Gasteiger partial charge on any atom is 0.225 e. The minimum atomic E-state index is 0.0558. The van der Waals surface area contributed by atoms with Gasteiger partial charge in [0.05, 0.1) is 12.5 Å². The van der Waals surface area contributed by atoms with Gasteiger partial charge < -0.3 is 10.6 Å². The van der Waals surface area contributed by atoms with Gasteiger partial charge >= 0.3 is 0 Å². The van der Waals surface area contributed by atoms with Crippen LogP contribution in [0, 0.1) is 0 Å². The summed E-state index contributed by atoms with van der Waals surface area (Å²) >= 11 is 1.63. The lowest BCUT2D eigenvalue weighted by Gasteiger charge is -2.29. The molecule has 0 radical (unpaired) electrons. The predicted molar refractivity (Wildman–Crippen MR) is 95.8 cm³/mol. The lowest BCUT2D eigenvalue weighted by molar-refractivity contribution is -0.121. The lowest BCUT2D eigenvalue weighted by atomic mass is 9.83. The highest BCUT2D eigenvalue weighted by molar-refractivity contribution is 7.10. The van der Waals surface area contributed by atoms with Gasteiger partial charge in [-0.1, -0.05) is 45.0 Å². The van der Waals surface area contributed by atoms with E-state index in [0.29, 0.717) is 6.42 Å². The van der Waals surface area contributed by atoms with Crippen LogP contribution in [0.15, 0.2) is 35.7 Å². The molecule has 3 nitrogen and oxygen atoms in total. The molecule has 0 spiro atoms. The van der Waals surface area contributed by atoms with Crippen molar-refractivity contribution in [2.45, 2.75) is 45.2 Å². The third kappa shape index (κ3) is 3.82. The van der Waals surface area contributed by atoms with Gasteiger partial charge in [0.25, 0.3) is 0 Å². The van der Waals surface area contributed by atoms with E-state index in [-0.39, 0.29) is 17.4 Å². The summed E-state index contributed by atoms with van der Waals surface area (Å²) in [5.74, 6) is 0.0898. The van der Waals surface area contributed by atoms with Crippen LogP contribution >= 0.6 is 11.3 Å². The Labute approximate surface area is 142 Å². The van der Waals surface area contributed by atoms with Gasteiger partial charge in [-0.15, -0.1) is 11.3 Å². The Morgan fingerprint density at radius 3 is 2.87 bits per heavy atom. The molecule has 1 unspecified atom stereocenters. The summed E-state index contributed by atoms with van der Waals surface area (Å²) in [7, 11) is 0. The average Bonchev–Trinajstić information content (AvgIpc) is 2.99. The monoisotopic (exact) mass is 328 g/mol. The van der Waals surface area contributed by atoms with Crippen molar-refractivity contribution in [3.05, 3.63) is 57.3 Å². The van der Waals surface area contributed by atoms with Crippen molar-refractivity contribution in [1.82, 2.24) is 10.6 Å². The molecule has 0 saturated carbocycles. The van der Waals surface area contributed by atoms with Crippen molar-refractivity contribution >= 4 is 17.2 Å². The summed E-state index contributed by atoms with van der Waals surface area (Å²) < 4.78 is 0. The molecule has 1 amide bonds. The Morgan fingerprint density at radius 1 is 1.35 bits per heavy atom. The number of carbonyl (C=O) groups excluding carboxylic acids is 1. The molecule has 2 N–H and O–H groups in total. The first kappa shape index (κ1) is 16.2. The van der Waals surface area contributed by atoms with Crippen molar-refractivity contribution in [1.29, 1.82) is 0 Å². The van der Waals surface area contributed by atoms with Crippen LogP contribution in [0.25, 0.3) is 0 Å². The average molecular weight is 328 g/mol. The highest BCUT2D eigenvalue weighted by Crippen LogP contribution is 2.29. The Morgan fingerprint density at radius 2 is 2.17 bits per heavy atom. The summed E-state index contributed by atoms with van der Waals surface area (Å²) in [4.78, 5) is 13.4. The number of hydrogen-bond acceptors (Lipinski definition) is 3. The minimum Gasteiger partial charge on any atom is -0.348 e. The molecule has 3 rings (SSSR count). The molecule has 23 heavy (non-hydrogen) atoms. The molecular formula is C19H24N2OS. The number of thiophene rings is 1. The van der Waals surface area contributed by atoms with Crippen LogP contribution in [0.4, 0.5) is 0 Å². The molecule has 1 aliphatic rings. The van der Waals surface area contributed by atoms with Gasteiger partial charge in [-0.25, -0.2) is 0 Å². The summed E-state index contributed by atoms with van der Waals surface area (Å²) in [6, 6.07) is 10.7. The molecule has 1 aliphatic heterocycles. The smallest absolute Gasteiger partial charge is 0.225 e. The molecule has 122 valence electrons. The van der Waals surface area contributed by atoms with Crippen LogP contribution in [-0.2, 0) is 23.2 Å². The summed E-state index contributed by atoms with van der Waals surface area (Å²) in [6.45, 7) is 8.34. The maximum atomic E-state index is 12.3. The Bertz CT molecular complexity index is 686. The third-order valence-electron chi connectivity index (χ3n) is 4.30. The molecule has 0 saturated heterocycles. The normalized spacial score (nSPS) is 17.6. The Hall–Kier alpha value is -1.65. The molecule has 1 atom stereocenters. The predicted octanol–water partition coefficient (Wildman–Crippen LogP) is 3.55. The second-order valence-electron chi connectivity index (χ2n) is 7.17. The fourth-order valence-electron chi connectivity index (χ4n) is 2.97. The van der Waals surface area contributed by atoms with Crippen LogP contribution in [0.1, 0.15) is 48.4 Å². The molecule has 2 aromatic rings. The highest BCUT2D eigenvalue weighted by Gasteiger charge is 2.23. The topological polar surface area (TPSA) is 41.1 Å². The molecule has 0 aliphatic carbocycles. The van der Waals surface area contributed by atoms with Crippen LogP contribution < -0.4 is 10.6 Å². The Kier molecular flexibility index (Phi) is 4.55. The van der Waals surface area contributed by atoms with E-state index in [0.717, 1.165) is 18.0 Å². The van der Waals surface area contributed by atoms with E-state index < -0.39 is 0 Å². The molecule has 2 heterocycles. The van der Waals surface area contributed by atoms with Gasteiger partial charge in [0, 0.05) is 18.0 Å². The Balaban J connectivity index is 1.75. The van der Waals surface area contributed by atoms with Crippen LogP contribution in [0.3, 0.4) is 0 Å². The van der Waals surface area contributed by atoms with E-state index in [9.17, 15) is 4.79 Å². The zero-order valence-electron chi connectivity index (χ0n) is 14.0. The van der Waals surface area contributed by atoms with E-state index in [2.05, 4.69) is 49.6 Å². The summed E-state index contributed by atoms with van der Waals surface area (Å²) in [6.07, 6.45) is 0.462. The first-order valence-electron chi connectivity index (χ1n) is 8.09. The van der Waals surface area contributed by atoms with Crippen molar-refractivity contribution in [2.24, 2.45) is 0 Å². The van der Waals surface area contributed by atoms with E-state index in [4.69, 9.17) is 0 Å². The molecule has 1 aromatic heterocycles. The van der Waals surface area contributed by atoms with Crippen molar-refractivity contribution in [3.63, 3.8) is 0 Å². The van der Waals surface area contributed by atoms with Gasteiger partial charge in [0.1, 0.15) is 0 Å². The van der Waals surface area contributed by atoms with Gasteiger partial charge in [0.15, 0.2) is 0 Å². The van der Waals surface area contributed by atoms with E-state index >= 15 is 0 Å². The van der Waals surface area contributed by atoms with Gasteiger partial charge in [0.2, 0.25) is 5.91 Å². The maximum absolute atomic E-state index is 12.3. The zero-order valence-corrected chi connectivity index (χ0v) is 14.8. The molecule has 4 heteroatoms. The number of carbonyl (C=O) groups is 1. The quantitative estimate of drug-likeness (QED) is 0.905. The number of hydrogen-bond donors (Lipinski definition) is 2. The van der Waals surface area contributed by atoms with E-state index in [1.807, 2.05) is 17.5 Å². The largest absolute Gasteiger partial charge is 0.348 e. The van der Waals surface area contributed by atoms with Gasteiger partial charge in [-0.3, -0.25) is 4.79 Å². The first-order chi connectivity index (χ1) is 10.9. The van der Waals surface area contributed by atoms with Gasteiger partial charge in [-0.2, -0.15) is 0 Å². The van der Waals surface area contributed by atoms with E-state index in [1.165, 1.54) is 16.7 Å². The number of benzene rings is 1. The molecule has 1 aromatic carbocycles. The first-order valence-corrected chi connectivity index (χ1v) is 8.97. The van der Waals surface area contributed by atoms with Gasteiger partial charge in [-0.05, 0) is 33.6 Å². The number of rotatable bonds is 3. The molecule has 0 fully saturated rings. The van der Waals surface area contributed by atoms with Crippen LogP contribution in [-0.4, -0.2) is 12.5 Å². The number of nitrogens with one attached hydrogen (secondary N) is 2. The number of fused-ring (bicyclic) bond motifs is 1. The highest BCUT2D eigenvalue weighted by atomic mass is 32.1. The third-order valence-corrected chi connectivity index (χ3v) is 5.17.